The number of anilines is 1. The number of hydrogen-bond donors (Lipinski definition) is 1. The molecule has 5 heteroatoms. The highest BCUT2D eigenvalue weighted by Crippen LogP contribution is 2.22. The Morgan fingerprint density at radius 2 is 2.08 bits per heavy atom. The van der Waals surface area contributed by atoms with Crippen molar-refractivity contribution in [1.82, 2.24) is 0 Å². The molecule has 0 saturated carbocycles. The van der Waals surface area contributed by atoms with Gasteiger partial charge in [-0.05, 0) is 42.7 Å². The van der Waals surface area contributed by atoms with E-state index in [-0.39, 0.29) is 5.56 Å². The van der Waals surface area contributed by atoms with E-state index >= 15 is 0 Å². The van der Waals surface area contributed by atoms with Crippen LogP contribution in [-0.2, 0) is 6.42 Å². The molecule has 0 aliphatic rings. The third-order valence-corrected chi connectivity index (χ3v) is 4.29. The Labute approximate surface area is 149 Å². The Kier molecular flexibility index (Phi) is 4.72. The molecular formula is C20H16ClNO3. The van der Waals surface area contributed by atoms with Gasteiger partial charge in [0, 0.05) is 16.1 Å². The lowest BCUT2D eigenvalue weighted by Crippen LogP contribution is -2.20. The second-order valence-electron chi connectivity index (χ2n) is 5.69. The summed E-state index contributed by atoms with van der Waals surface area (Å²) in [7, 11) is 0. The van der Waals surface area contributed by atoms with Crippen molar-refractivity contribution < 1.29 is 9.21 Å². The molecule has 3 aromatic rings. The summed E-state index contributed by atoms with van der Waals surface area (Å²) < 4.78 is 5.39. The Balaban J connectivity index is 1.99. The number of carbonyl (C=O) groups is 1. The molecule has 2 aromatic carbocycles. The van der Waals surface area contributed by atoms with Crippen LogP contribution in [0.4, 0.5) is 5.69 Å². The minimum Gasteiger partial charge on any atom is -0.422 e. The van der Waals surface area contributed by atoms with Crippen molar-refractivity contribution in [1.29, 1.82) is 0 Å². The standard InChI is InChI=1S/C20H16ClNO3/c1-3-5-13-6-4-7-14-10-16(20(24)25-18(13)14)19(23)22-15-9-8-12(2)17(21)11-15/h3-4,6-11H,1,5H2,2H3,(H,22,23). The quantitative estimate of drug-likeness (QED) is 0.544. The number of allylic oxidation sites excluding steroid dienone is 1. The van der Waals surface area contributed by atoms with E-state index in [1.165, 1.54) is 0 Å². The van der Waals surface area contributed by atoms with Gasteiger partial charge in [-0.15, -0.1) is 6.58 Å². The maximum absolute atomic E-state index is 12.5. The van der Waals surface area contributed by atoms with E-state index in [9.17, 15) is 9.59 Å². The Bertz CT molecular complexity index is 1040. The van der Waals surface area contributed by atoms with Gasteiger partial charge in [0.25, 0.3) is 5.91 Å². The van der Waals surface area contributed by atoms with Crippen molar-refractivity contribution >= 4 is 34.2 Å². The number of carbonyl (C=O) groups excluding carboxylic acids is 1. The summed E-state index contributed by atoms with van der Waals surface area (Å²) in [5.41, 5.74) is 2.00. The zero-order valence-electron chi connectivity index (χ0n) is 13.6. The molecule has 1 heterocycles. The number of nitrogens with one attached hydrogen (secondary N) is 1. The summed E-state index contributed by atoms with van der Waals surface area (Å²) in [6.45, 7) is 5.56. The van der Waals surface area contributed by atoms with Crippen LogP contribution in [0.15, 0.2) is 64.3 Å². The second kappa shape index (κ2) is 6.95. The number of para-hydroxylation sites is 1. The molecule has 0 unspecified atom stereocenters. The molecular weight excluding hydrogens is 338 g/mol. The van der Waals surface area contributed by atoms with Crippen molar-refractivity contribution in [3.05, 3.63) is 87.3 Å². The summed E-state index contributed by atoms with van der Waals surface area (Å²) in [6, 6.07) is 12.2. The van der Waals surface area contributed by atoms with Crippen molar-refractivity contribution in [2.75, 3.05) is 5.32 Å². The van der Waals surface area contributed by atoms with Gasteiger partial charge in [-0.25, -0.2) is 4.79 Å². The highest BCUT2D eigenvalue weighted by atomic mass is 35.5. The van der Waals surface area contributed by atoms with Crippen LogP contribution in [0.1, 0.15) is 21.5 Å². The first-order valence-electron chi connectivity index (χ1n) is 7.73. The zero-order chi connectivity index (χ0) is 18.0. The smallest absolute Gasteiger partial charge is 0.349 e. The molecule has 1 amide bonds. The van der Waals surface area contributed by atoms with E-state index in [2.05, 4.69) is 11.9 Å². The SMILES string of the molecule is C=CCc1cccc2cc(C(=O)Nc3ccc(C)c(Cl)c3)c(=O)oc12. The van der Waals surface area contributed by atoms with E-state index in [0.29, 0.717) is 28.1 Å². The Morgan fingerprint density at radius 1 is 1.28 bits per heavy atom. The largest absolute Gasteiger partial charge is 0.422 e. The van der Waals surface area contributed by atoms with Crippen LogP contribution in [0, 0.1) is 6.92 Å². The topological polar surface area (TPSA) is 59.3 Å². The highest BCUT2D eigenvalue weighted by molar-refractivity contribution is 6.31. The molecule has 0 fully saturated rings. The van der Waals surface area contributed by atoms with E-state index < -0.39 is 11.5 Å². The molecule has 1 aromatic heterocycles. The van der Waals surface area contributed by atoms with Crippen molar-refractivity contribution in [2.45, 2.75) is 13.3 Å². The number of benzene rings is 2. The first-order chi connectivity index (χ1) is 12.0. The van der Waals surface area contributed by atoms with Gasteiger partial charge in [0.15, 0.2) is 0 Å². The average Bonchev–Trinajstić information content (AvgIpc) is 2.58. The van der Waals surface area contributed by atoms with Gasteiger partial charge >= 0.3 is 5.63 Å². The predicted octanol–water partition coefficient (Wildman–Crippen LogP) is 4.74. The van der Waals surface area contributed by atoms with E-state index in [1.54, 1.807) is 36.4 Å². The molecule has 0 saturated heterocycles. The number of aryl methyl sites for hydroxylation is 1. The lowest BCUT2D eigenvalue weighted by molar-refractivity contribution is 0.102. The van der Waals surface area contributed by atoms with E-state index in [4.69, 9.17) is 16.0 Å². The lowest BCUT2D eigenvalue weighted by Gasteiger charge is -2.08. The third kappa shape index (κ3) is 3.49. The van der Waals surface area contributed by atoms with Crippen LogP contribution in [-0.4, -0.2) is 5.91 Å². The monoisotopic (exact) mass is 353 g/mol. The van der Waals surface area contributed by atoms with Crippen LogP contribution >= 0.6 is 11.6 Å². The van der Waals surface area contributed by atoms with Crippen molar-refractivity contribution in [3.8, 4) is 0 Å². The fraction of sp³-hybridized carbons (Fsp3) is 0.100. The Morgan fingerprint density at radius 3 is 2.80 bits per heavy atom. The van der Waals surface area contributed by atoms with Gasteiger partial charge in [0.05, 0.1) is 0 Å². The molecule has 0 aliphatic carbocycles. The lowest BCUT2D eigenvalue weighted by atomic mass is 10.1. The number of fused-ring (bicyclic) bond motifs is 1. The molecule has 0 atom stereocenters. The Hall–Kier alpha value is -2.85. The molecule has 4 nitrogen and oxygen atoms in total. The summed E-state index contributed by atoms with van der Waals surface area (Å²) in [5.74, 6) is -0.537. The van der Waals surface area contributed by atoms with Gasteiger partial charge in [0.2, 0.25) is 0 Å². The van der Waals surface area contributed by atoms with Crippen molar-refractivity contribution in [2.24, 2.45) is 0 Å². The summed E-state index contributed by atoms with van der Waals surface area (Å²) in [5, 5.41) is 3.90. The van der Waals surface area contributed by atoms with Crippen LogP contribution in [0.3, 0.4) is 0 Å². The predicted molar refractivity (Wildman–Crippen MR) is 101 cm³/mol. The first-order valence-corrected chi connectivity index (χ1v) is 8.11. The van der Waals surface area contributed by atoms with Crippen LogP contribution in [0.2, 0.25) is 5.02 Å². The summed E-state index contributed by atoms with van der Waals surface area (Å²) in [4.78, 5) is 24.7. The number of halogens is 1. The van der Waals surface area contributed by atoms with Gasteiger partial charge < -0.3 is 9.73 Å². The molecule has 0 spiro atoms. The fourth-order valence-electron chi connectivity index (χ4n) is 2.55. The molecule has 3 rings (SSSR count). The van der Waals surface area contributed by atoms with Crippen LogP contribution < -0.4 is 10.9 Å². The minimum atomic E-state index is -0.681. The average molecular weight is 354 g/mol. The first kappa shape index (κ1) is 17.0. The van der Waals surface area contributed by atoms with Crippen LogP contribution in [0.25, 0.3) is 11.0 Å². The highest BCUT2D eigenvalue weighted by Gasteiger charge is 2.15. The van der Waals surface area contributed by atoms with Crippen molar-refractivity contribution in [3.63, 3.8) is 0 Å². The van der Waals surface area contributed by atoms with E-state index in [1.807, 2.05) is 19.1 Å². The summed E-state index contributed by atoms with van der Waals surface area (Å²) >= 11 is 6.06. The van der Waals surface area contributed by atoms with Gasteiger partial charge in [-0.3, -0.25) is 4.79 Å². The maximum Gasteiger partial charge on any atom is 0.349 e. The molecule has 0 bridgehead atoms. The van der Waals surface area contributed by atoms with Gasteiger partial charge in [0.1, 0.15) is 11.1 Å². The molecule has 25 heavy (non-hydrogen) atoms. The van der Waals surface area contributed by atoms with Crippen LogP contribution in [0.5, 0.6) is 0 Å². The number of hydrogen-bond acceptors (Lipinski definition) is 3. The number of amides is 1. The third-order valence-electron chi connectivity index (χ3n) is 3.88. The van der Waals surface area contributed by atoms with E-state index in [0.717, 1.165) is 11.1 Å². The molecule has 0 radical (unpaired) electrons. The fourth-order valence-corrected chi connectivity index (χ4v) is 2.73. The molecule has 1 N–H and O–H groups in total. The summed E-state index contributed by atoms with van der Waals surface area (Å²) in [6.07, 6.45) is 2.31. The second-order valence-corrected chi connectivity index (χ2v) is 6.10. The zero-order valence-corrected chi connectivity index (χ0v) is 14.4. The molecule has 126 valence electrons. The van der Waals surface area contributed by atoms with Gasteiger partial charge in [-0.1, -0.05) is 41.9 Å². The molecule has 0 aliphatic heterocycles. The maximum atomic E-state index is 12.5. The normalized spacial score (nSPS) is 10.6. The van der Waals surface area contributed by atoms with Gasteiger partial charge in [-0.2, -0.15) is 0 Å². The number of rotatable bonds is 4. The minimum absolute atomic E-state index is 0.0556.